The van der Waals surface area contributed by atoms with Gasteiger partial charge in [-0.15, -0.1) is 5.10 Å². The van der Waals surface area contributed by atoms with Crippen LogP contribution in [0.5, 0.6) is 0 Å². The quantitative estimate of drug-likeness (QED) is 0.741. The van der Waals surface area contributed by atoms with Crippen LogP contribution >= 0.6 is 0 Å². The molecule has 5 nitrogen and oxygen atoms in total. The predicted octanol–water partition coefficient (Wildman–Crippen LogP) is 2.81. The van der Waals surface area contributed by atoms with Gasteiger partial charge in [-0.2, -0.15) is 0 Å². The van der Waals surface area contributed by atoms with Crippen LogP contribution in [-0.2, 0) is 12.0 Å². The molecule has 108 valence electrons. The van der Waals surface area contributed by atoms with E-state index in [1.807, 2.05) is 27.7 Å². The molecule has 2 heterocycles. The van der Waals surface area contributed by atoms with Gasteiger partial charge in [-0.05, 0) is 23.1 Å². The van der Waals surface area contributed by atoms with Crippen molar-refractivity contribution in [2.45, 2.75) is 32.7 Å². The van der Waals surface area contributed by atoms with Gasteiger partial charge in [0.15, 0.2) is 0 Å². The van der Waals surface area contributed by atoms with Crippen LogP contribution < -0.4 is 0 Å². The van der Waals surface area contributed by atoms with Gasteiger partial charge >= 0.3 is 0 Å². The Morgan fingerprint density at radius 2 is 2.05 bits per heavy atom. The lowest BCUT2D eigenvalue weighted by molar-refractivity contribution is 0.589. The van der Waals surface area contributed by atoms with Crippen molar-refractivity contribution in [2.24, 2.45) is 0 Å². The van der Waals surface area contributed by atoms with E-state index in [1.165, 1.54) is 5.56 Å². The summed E-state index contributed by atoms with van der Waals surface area (Å²) in [4.78, 5) is 4.03. The number of imidazole rings is 1. The molecule has 0 atom stereocenters. The smallest absolute Gasteiger partial charge is 0.103 e. The number of hydrogen-bond donors (Lipinski definition) is 0. The summed E-state index contributed by atoms with van der Waals surface area (Å²) < 4.78 is 3.79. The van der Waals surface area contributed by atoms with E-state index < -0.39 is 0 Å². The second-order valence-electron chi connectivity index (χ2n) is 6.19. The highest BCUT2D eigenvalue weighted by molar-refractivity contribution is 5.37. The first-order valence-electron chi connectivity index (χ1n) is 7.00. The van der Waals surface area contributed by atoms with Gasteiger partial charge in [-0.3, -0.25) is 0 Å². The van der Waals surface area contributed by atoms with Gasteiger partial charge in [0.2, 0.25) is 0 Å². The number of benzene rings is 1. The molecule has 2 aromatic heterocycles. The van der Waals surface area contributed by atoms with Crippen molar-refractivity contribution >= 4 is 0 Å². The third kappa shape index (κ3) is 3.02. The first-order valence-corrected chi connectivity index (χ1v) is 7.00. The van der Waals surface area contributed by atoms with Gasteiger partial charge in [-0.1, -0.05) is 38.1 Å². The molecule has 0 N–H and O–H groups in total. The standard InChI is InChI=1S/C16H19N5/c1-16(2,3)13-5-4-6-15(9-13)21-11-14(18-19-21)10-20-8-7-17-12-20/h4-9,11-12H,10H2,1-3H3. The first-order chi connectivity index (χ1) is 10.0. The summed E-state index contributed by atoms with van der Waals surface area (Å²) in [6.45, 7) is 7.30. The van der Waals surface area contributed by atoms with Crippen LogP contribution in [-0.4, -0.2) is 24.5 Å². The minimum Gasteiger partial charge on any atom is -0.331 e. The van der Waals surface area contributed by atoms with Crippen molar-refractivity contribution in [3.05, 3.63) is 60.4 Å². The SMILES string of the molecule is CC(C)(C)c1cccc(-n2cc(Cn3ccnc3)nn2)c1. The molecule has 0 saturated heterocycles. The average Bonchev–Trinajstić information content (AvgIpc) is 3.10. The number of aromatic nitrogens is 5. The normalized spacial score (nSPS) is 11.8. The maximum atomic E-state index is 4.22. The third-order valence-electron chi connectivity index (χ3n) is 3.42. The van der Waals surface area contributed by atoms with Crippen LogP contribution in [0.3, 0.4) is 0 Å². The van der Waals surface area contributed by atoms with Gasteiger partial charge < -0.3 is 4.57 Å². The molecule has 3 rings (SSSR count). The number of nitrogens with zero attached hydrogens (tertiary/aromatic N) is 5. The summed E-state index contributed by atoms with van der Waals surface area (Å²) in [6.07, 6.45) is 7.41. The minimum atomic E-state index is 0.121. The Bertz CT molecular complexity index is 719. The maximum absolute atomic E-state index is 4.22. The van der Waals surface area contributed by atoms with Crippen LogP contribution in [0.15, 0.2) is 49.2 Å². The zero-order valence-electron chi connectivity index (χ0n) is 12.6. The van der Waals surface area contributed by atoms with Crippen molar-refractivity contribution in [1.29, 1.82) is 0 Å². The molecule has 0 radical (unpaired) electrons. The summed E-state index contributed by atoms with van der Waals surface area (Å²) in [5.74, 6) is 0. The Morgan fingerprint density at radius 1 is 1.19 bits per heavy atom. The van der Waals surface area contributed by atoms with Crippen LogP contribution in [0.4, 0.5) is 0 Å². The molecule has 0 aliphatic heterocycles. The van der Waals surface area contributed by atoms with Crippen molar-refractivity contribution < 1.29 is 0 Å². The van der Waals surface area contributed by atoms with E-state index in [0.29, 0.717) is 6.54 Å². The molecule has 0 bridgehead atoms. The Balaban J connectivity index is 1.86. The number of hydrogen-bond acceptors (Lipinski definition) is 3. The van der Waals surface area contributed by atoms with Crippen LogP contribution in [0.25, 0.3) is 5.69 Å². The lowest BCUT2D eigenvalue weighted by Gasteiger charge is -2.19. The second kappa shape index (κ2) is 5.16. The monoisotopic (exact) mass is 281 g/mol. The third-order valence-corrected chi connectivity index (χ3v) is 3.42. The van der Waals surface area contributed by atoms with Crippen LogP contribution in [0.1, 0.15) is 32.0 Å². The minimum absolute atomic E-state index is 0.121. The molecule has 0 amide bonds. The van der Waals surface area contributed by atoms with E-state index in [2.05, 4.69) is 54.3 Å². The highest BCUT2D eigenvalue weighted by Crippen LogP contribution is 2.23. The van der Waals surface area contributed by atoms with Crippen molar-refractivity contribution in [1.82, 2.24) is 24.5 Å². The molecule has 0 unspecified atom stereocenters. The van der Waals surface area contributed by atoms with Gasteiger partial charge in [-0.25, -0.2) is 9.67 Å². The van der Waals surface area contributed by atoms with E-state index >= 15 is 0 Å². The molecule has 0 saturated carbocycles. The molecule has 0 spiro atoms. The van der Waals surface area contributed by atoms with E-state index in [4.69, 9.17) is 0 Å². The van der Waals surface area contributed by atoms with Gasteiger partial charge in [0.05, 0.1) is 24.8 Å². The van der Waals surface area contributed by atoms with E-state index in [0.717, 1.165) is 11.4 Å². The molecule has 0 fully saturated rings. The van der Waals surface area contributed by atoms with E-state index in [9.17, 15) is 0 Å². The summed E-state index contributed by atoms with van der Waals surface area (Å²) in [6, 6.07) is 8.42. The molecular weight excluding hydrogens is 262 g/mol. The molecule has 0 aliphatic carbocycles. The summed E-state index contributed by atoms with van der Waals surface area (Å²) in [5.41, 5.74) is 3.35. The van der Waals surface area contributed by atoms with E-state index in [1.54, 1.807) is 12.5 Å². The Hall–Kier alpha value is -2.43. The summed E-state index contributed by atoms with van der Waals surface area (Å²) >= 11 is 0. The fourth-order valence-electron chi connectivity index (χ4n) is 2.18. The zero-order valence-corrected chi connectivity index (χ0v) is 12.6. The molecule has 3 aromatic rings. The van der Waals surface area contributed by atoms with Crippen LogP contribution in [0.2, 0.25) is 0 Å². The largest absolute Gasteiger partial charge is 0.331 e. The second-order valence-corrected chi connectivity index (χ2v) is 6.19. The zero-order chi connectivity index (χ0) is 14.9. The summed E-state index contributed by atoms with van der Waals surface area (Å²) in [5, 5.41) is 8.45. The van der Waals surface area contributed by atoms with Gasteiger partial charge in [0.1, 0.15) is 5.69 Å². The van der Waals surface area contributed by atoms with Crippen LogP contribution in [0, 0.1) is 0 Å². The lowest BCUT2D eigenvalue weighted by atomic mass is 9.87. The van der Waals surface area contributed by atoms with Gasteiger partial charge in [0.25, 0.3) is 0 Å². The fraction of sp³-hybridized carbons (Fsp3) is 0.312. The molecule has 1 aromatic carbocycles. The molecule has 21 heavy (non-hydrogen) atoms. The lowest BCUT2D eigenvalue weighted by Crippen LogP contribution is -2.11. The molecule has 0 aliphatic rings. The van der Waals surface area contributed by atoms with Crippen molar-refractivity contribution in [3.63, 3.8) is 0 Å². The molecule has 5 heteroatoms. The Labute approximate surface area is 124 Å². The highest BCUT2D eigenvalue weighted by Gasteiger charge is 2.14. The van der Waals surface area contributed by atoms with Gasteiger partial charge in [0, 0.05) is 12.4 Å². The highest BCUT2D eigenvalue weighted by atomic mass is 15.4. The Kier molecular flexibility index (Phi) is 3.33. The predicted molar refractivity (Wildman–Crippen MR) is 81.4 cm³/mol. The summed E-state index contributed by atoms with van der Waals surface area (Å²) in [7, 11) is 0. The Morgan fingerprint density at radius 3 is 2.76 bits per heavy atom. The van der Waals surface area contributed by atoms with Crippen molar-refractivity contribution in [3.8, 4) is 5.69 Å². The van der Waals surface area contributed by atoms with Crippen molar-refractivity contribution in [2.75, 3.05) is 0 Å². The first kappa shape index (κ1) is 13.5. The average molecular weight is 281 g/mol. The number of rotatable bonds is 3. The topological polar surface area (TPSA) is 48.5 Å². The van der Waals surface area contributed by atoms with E-state index in [-0.39, 0.29) is 5.41 Å². The fourth-order valence-corrected chi connectivity index (χ4v) is 2.18. The maximum Gasteiger partial charge on any atom is 0.103 e. The molecular formula is C16H19N5.